The van der Waals surface area contributed by atoms with E-state index in [9.17, 15) is 0 Å². The largest absolute Gasteiger partial charge is 0.394 e. The summed E-state index contributed by atoms with van der Waals surface area (Å²) in [6, 6.07) is 7.08. The van der Waals surface area contributed by atoms with E-state index in [4.69, 9.17) is 10.8 Å². The summed E-state index contributed by atoms with van der Waals surface area (Å²) in [5.74, 6) is 0. The number of aromatic nitrogens is 2. The van der Waals surface area contributed by atoms with E-state index in [1.165, 1.54) is 0 Å². The molecule has 0 amide bonds. The fourth-order valence-electron chi connectivity index (χ4n) is 1.27. The van der Waals surface area contributed by atoms with Gasteiger partial charge in [0.05, 0.1) is 18.3 Å². The van der Waals surface area contributed by atoms with Crippen LogP contribution in [0.3, 0.4) is 0 Å². The molecule has 0 spiro atoms. The SMILES string of the molecule is NC(CO)c1ccc2cccnc2n1. The molecule has 0 saturated carbocycles. The van der Waals surface area contributed by atoms with Crippen LogP contribution in [0.4, 0.5) is 0 Å². The van der Waals surface area contributed by atoms with E-state index in [1.54, 1.807) is 6.20 Å². The maximum atomic E-state index is 8.87. The van der Waals surface area contributed by atoms with Crippen LogP contribution in [0.5, 0.6) is 0 Å². The second-order valence-corrected chi connectivity index (χ2v) is 3.08. The molecule has 2 rings (SSSR count). The van der Waals surface area contributed by atoms with E-state index < -0.39 is 6.04 Å². The van der Waals surface area contributed by atoms with Gasteiger partial charge in [-0.05, 0) is 24.3 Å². The molecule has 2 aromatic heterocycles. The van der Waals surface area contributed by atoms with Crippen molar-refractivity contribution in [3.63, 3.8) is 0 Å². The van der Waals surface area contributed by atoms with Crippen molar-refractivity contribution in [1.82, 2.24) is 9.97 Å². The highest BCUT2D eigenvalue weighted by molar-refractivity contribution is 5.74. The fraction of sp³-hybridized carbons (Fsp3) is 0.200. The number of rotatable bonds is 2. The van der Waals surface area contributed by atoms with Gasteiger partial charge in [-0.15, -0.1) is 0 Å². The zero-order valence-corrected chi connectivity index (χ0v) is 7.59. The molecule has 1 atom stereocenters. The van der Waals surface area contributed by atoms with Gasteiger partial charge in [-0.1, -0.05) is 0 Å². The van der Waals surface area contributed by atoms with Crippen LogP contribution in [0.15, 0.2) is 30.5 Å². The maximum Gasteiger partial charge on any atom is 0.159 e. The predicted octanol–water partition coefficient (Wildman–Crippen LogP) is 0.622. The molecular weight excluding hydrogens is 178 g/mol. The highest BCUT2D eigenvalue weighted by atomic mass is 16.3. The molecule has 4 nitrogen and oxygen atoms in total. The summed E-state index contributed by atoms with van der Waals surface area (Å²) < 4.78 is 0. The number of pyridine rings is 2. The topological polar surface area (TPSA) is 72.0 Å². The smallest absolute Gasteiger partial charge is 0.159 e. The zero-order chi connectivity index (χ0) is 9.97. The quantitative estimate of drug-likeness (QED) is 0.726. The van der Waals surface area contributed by atoms with Gasteiger partial charge in [-0.2, -0.15) is 0 Å². The minimum atomic E-state index is -0.429. The van der Waals surface area contributed by atoms with Crippen LogP contribution < -0.4 is 5.73 Å². The van der Waals surface area contributed by atoms with Crippen molar-refractivity contribution >= 4 is 11.0 Å². The van der Waals surface area contributed by atoms with Crippen LogP contribution in [-0.4, -0.2) is 21.7 Å². The van der Waals surface area contributed by atoms with Gasteiger partial charge in [0.25, 0.3) is 0 Å². The van der Waals surface area contributed by atoms with Gasteiger partial charge < -0.3 is 10.8 Å². The van der Waals surface area contributed by atoms with E-state index in [0.29, 0.717) is 11.3 Å². The number of aliphatic hydroxyl groups is 1. The number of fused-ring (bicyclic) bond motifs is 1. The van der Waals surface area contributed by atoms with Crippen molar-refractivity contribution in [1.29, 1.82) is 0 Å². The van der Waals surface area contributed by atoms with Crippen molar-refractivity contribution in [2.24, 2.45) is 5.73 Å². The Balaban J connectivity index is 2.51. The van der Waals surface area contributed by atoms with Crippen LogP contribution in [-0.2, 0) is 0 Å². The first kappa shape index (κ1) is 9.05. The summed E-state index contributed by atoms with van der Waals surface area (Å²) in [6.07, 6.45) is 1.68. The van der Waals surface area contributed by atoms with E-state index in [1.807, 2.05) is 24.3 Å². The average molecular weight is 189 g/mol. The van der Waals surface area contributed by atoms with Crippen molar-refractivity contribution in [2.45, 2.75) is 6.04 Å². The Hall–Kier alpha value is -1.52. The zero-order valence-electron chi connectivity index (χ0n) is 7.59. The van der Waals surface area contributed by atoms with Crippen LogP contribution >= 0.6 is 0 Å². The molecule has 3 N–H and O–H groups in total. The molecule has 0 radical (unpaired) electrons. The first-order chi connectivity index (χ1) is 6.81. The summed E-state index contributed by atoms with van der Waals surface area (Å²) >= 11 is 0. The van der Waals surface area contributed by atoms with Crippen molar-refractivity contribution in [3.8, 4) is 0 Å². The third-order valence-electron chi connectivity index (χ3n) is 2.06. The second-order valence-electron chi connectivity index (χ2n) is 3.08. The molecule has 0 aliphatic heterocycles. The number of aliphatic hydroxyl groups excluding tert-OH is 1. The predicted molar refractivity (Wildman–Crippen MR) is 53.6 cm³/mol. The standard InChI is InChI=1S/C10H11N3O/c11-8(6-14)9-4-3-7-2-1-5-12-10(7)13-9/h1-5,8,14H,6,11H2. The molecule has 14 heavy (non-hydrogen) atoms. The summed E-state index contributed by atoms with van der Waals surface area (Å²) in [4.78, 5) is 8.36. The molecule has 0 aliphatic rings. The van der Waals surface area contributed by atoms with E-state index in [0.717, 1.165) is 5.39 Å². The first-order valence-electron chi connectivity index (χ1n) is 4.39. The second kappa shape index (κ2) is 3.69. The Bertz CT molecular complexity index is 444. The summed E-state index contributed by atoms with van der Waals surface area (Å²) in [7, 11) is 0. The van der Waals surface area contributed by atoms with Crippen molar-refractivity contribution in [2.75, 3.05) is 6.61 Å². The lowest BCUT2D eigenvalue weighted by Gasteiger charge is -2.07. The summed E-state index contributed by atoms with van der Waals surface area (Å²) in [5.41, 5.74) is 6.97. The van der Waals surface area contributed by atoms with E-state index >= 15 is 0 Å². The molecule has 0 saturated heterocycles. The number of hydrogen-bond acceptors (Lipinski definition) is 4. The highest BCUT2D eigenvalue weighted by Crippen LogP contribution is 2.12. The Labute approximate surface area is 81.4 Å². The van der Waals surface area contributed by atoms with Crippen molar-refractivity contribution < 1.29 is 5.11 Å². The molecule has 72 valence electrons. The molecule has 2 heterocycles. The monoisotopic (exact) mass is 189 g/mol. The third-order valence-corrected chi connectivity index (χ3v) is 2.06. The Morgan fingerprint density at radius 3 is 3.00 bits per heavy atom. The Kier molecular flexibility index (Phi) is 2.39. The molecule has 0 aliphatic carbocycles. The van der Waals surface area contributed by atoms with E-state index in [-0.39, 0.29) is 6.61 Å². The lowest BCUT2D eigenvalue weighted by molar-refractivity contribution is 0.266. The molecule has 1 unspecified atom stereocenters. The van der Waals surface area contributed by atoms with Crippen LogP contribution in [0.25, 0.3) is 11.0 Å². The van der Waals surface area contributed by atoms with Gasteiger partial charge in [0.1, 0.15) is 0 Å². The van der Waals surface area contributed by atoms with Crippen LogP contribution in [0, 0.1) is 0 Å². The average Bonchev–Trinajstić information content (AvgIpc) is 2.27. The maximum absolute atomic E-state index is 8.87. The number of nitrogens with zero attached hydrogens (tertiary/aromatic N) is 2. The number of nitrogens with two attached hydrogens (primary N) is 1. The van der Waals surface area contributed by atoms with Gasteiger partial charge in [-0.25, -0.2) is 9.97 Å². The van der Waals surface area contributed by atoms with E-state index in [2.05, 4.69) is 9.97 Å². The van der Waals surface area contributed by atoms with Crippen LogP contribution in [0.1, 0.15) is 11.7 Å². The molecule has 0 bridgehead atoms. The third kappa shape index (κ3) is 1.57. The number of hydrogen-bond donors (Lipinski definition) is 2. The van der Waals surface area contributed by atoms with Gasteiger partial charge in [0, 0.05) is 11.6 Å². The Morgan fingerprint density at radius 1 is 1.36 bits per heavy atom. The molecule has 2 aromatic rings. The summed E-state index contributed by atoms with van der Waals surface area (Å²) in [6.45, 7) is -0.106. The molecular formula is C10H11N3O. The molecule has 0 aromatic carbocycles. The molecule has 4 heteroatoms. The van der Waals surface area contributed by atoms with Gasteiger partial charge in [-0.3, -0.25) is 0 Å². The van der Waals surface area contributed by atoms with Gasteiger partial charge >= 0.3 is 0 Å². The minimum absolute atomic E-state index is 0.106. The van der Waals surface area contributed by atoms with Gasteiger partial charge in [0.15, 0.2) is 5.65 Å². The fourth-order valence-corrected chi connectivity index (χ4v) is 1.27. The normalized spacial score (nSPS) is 13.0. The van der Waals surface area contributed by atoms with Gasteiger partial charge in [0.2, 0.25) is 0 Å². The lowest BCUT2D eigenvalue weighted by Crippen LogP contribution is -2.15. The first-order valence-corrected chi connectivity index (χ1v) is 4.39. The van der Waals surface area contributed by atoms with Crippen molar-refractivity contribution in [3.05, 3.63) is 36.2 Å². The lowest BCUT2D eigenvalue weighted by atomic mass is 10.2. The molecule has 0 fully saturated rings. The summed E-state index contributed by atoms with van der Waals surface area (Å²) in [5, 5.41) is 9.85. The van der Waals surface area contributed by atoms with Crippen LogP contribution in [0.2, 0.25) is 0 Å². The Morgan fingerprint density at radius 2 is 2.21 bits per heavy atom. The minimum Gasteiger partial charge on any atom is -0.394 e. The highest BCUT2D eigenvalue weighted by Gasteiger charge is 2.06.